The van der Waals surface area contributed by atoms with Crippen molar-refractivity contribution in [2.45, 2.75) is 72.0 Å². The fourth-order valence-electron chi connectivity index (χ4n) is 8.63. The minimum absolute atomic E-state index is 0.213. The Labute approximate surface area is 379 Å². The summed E-state index contributed by atoms with van der Waals surface area (Å²) in [5.74, 6) is 0.839. The minimum atomic E-state index is -1.56. The molecule has 0 bridgehead atoms. The van der Waals surface area contributed by atoms with Crippen molar-refractivity contribution in [3.05, 3.63) is 181 Å². The number of hydrogen-bond donors (Lipinski definition) is 1. The van der Waals surface area contributed by atoms with Crippen molar-refractivity contribution in [1.82, 2.24) is 19.5 Å². The SMILES string of the molecule is CC(C)(C)c1cc(-c2nc3c(-c4cc(-c5ccccc5)cc(-c5ccc([Si](C)(C)C)cn5)c4)ccnc3n2-c2c(-c3ccccc3)cccc2-c2ccccc2)c(O)c(C(C)(C)C)c1. The molecule has 9 aromatic rings. The van der Waals surface area contributed by atoms with Gasteiger partial charge in [-0.05, 0) is 85.8 Å². The number of aromatic hydroxyl groups is 1. The monoisotopic (exact) mass is 852 g/mol. The summed E-state index contributed by atoms with van der Waals surface area (Å²) in [6, 6.07) is 55.6. The number of phenols is 1. The standard InChI is InChI=1S/C58H56N4OSi/c1-57(2,3)44-35-49(54(63)50(36-44)58(4,5)6)55-61-52-46(42-32-41(38-20-13-10-14-21-38)33-43(34-42)51-29-28-45(37-60-51)64(7,8)9)30-31-59-56(52)62(55)53-47(39-22-15-11-16-23-39)26-19-27-48(53)40-24-17-12-18-25-40/h10-37,63H,1-9H3. The van der Waals surface area contributed by atoms with E-state index in [0.717, 1.165) is 78.1 Å². The molecular weight excluding hydrogens is 797 g/mol. The van der Waals surface area contributed by atoms with Gasteiger partial charge in [-0.15, -0.1) is 0 Å². The van der Waals surface area contributed by atoms with Crippen molar-refractivity contribution < 1.29 is 5.11 Å². The van der Waals surface area contributed by atoms with Gasteiger partial charge in [0.25, 0.3) is 0 Å². The Morgan fingerprint density at radius 2 is 1.08 bits per heavy atom. The van der Waals surface area contributed by atoms with E-state index in [1.165, 1.54) is 5.19 Å². The smallest absolute Gasteiger partial charge is 0.165 e. The van der Waals surface area contributed by atoms with Gasteiger partial charge in [-0.2, -0.15) is 0 Å². The average Bonchev–Trinajstić information content (AvgIpc) is 3.68. The molecule has 1 N–H and O–H groups in total. The molecule has 64 heavy (non-hydrogen) atoms. The molecule has 5 nitrogen and oxygen atoms in total. The Hall–Kier alpha value is -6.89. The van der Waals surface area contributed by atoms with Crippen LogP contribution in [-0.4, -0.2) is 32.7 Å². The number of para-hydroxylation sites is 1. The quantitative estimate of drug-likeness (QED) is 0.155. The van der Waals surface area contributed by atoms with E-state index in [2.05, 4.69) is 218 Å². The maximum atomic E-state index is 12.6. The van der Waals surface area contributed by atoms with Crippen LogP contribution in [0.3, 0.4) is 0 Å². The summed E-state index contributed by atoms with van der Waals surface area (Å²) in [6.45, 7) is 20.2. The van der Waals surface area contributed by atoms with Gasteiger partial charge < -0.3 is 5.11 Å². The van der Waals surface area contributed by atoms with Crippen molar-refractivity contribution in [3.8, 4) is 78.6 Å². The van der Waals surface area contributed by atoms with Gasteiger partial charge in [0.15, 0.2) is 11.5 Å². The first-order valence-corrected chi connectivity index (χ1v) is 25.7. The zero-order valence-corrected chi connectivity index (χ0v) is 39.4. The number of hydrogen-bond acceptors (Lipinski definition) is 4. The first-order chi connectivity index (χ1) is 30.6. The molecule has 0 aliphatic carbocycles. The summed E-state index contributed by atoms with van der Waals surface area (Å²) < 4.78 is 2.20. The largest absolute Gasteiger partial charge is 0.507 e. The maximum absolute atomic E-state index is 12.6. The van der Waals surface area contributed by atoms with E-state index < -0.39 is 8.07 Å². The van der Waals surface area contributed by atoms with E-state index in [0.29, 0.717) is 17.0 Å². The van der Waals surface area contributed by atoms with E-state index in [4.69, 9.17) is 15.0 Å². The fraction of sp³-hybridized carbons (Fsp3) is 0.190. The van der Waals surface area contributed by atoms with Crippen LogP contribution in [0.5, 0.6) is 5.75 Å². The summed E-state index contributed by atoms with van der Waals surface area (Å²) in [6.07, 6.45) is 3.96. The molecule has 0 aliphatic rings. The lowest BCUT2D eigenvalue weighted by atomic mass is 9.79. The van der Waals surface area contributed by atoms with E-state index in [1.54, 1.807) is 0 Å². The van der Waals surface area contributed by atoms with E-state index in [9.17, 15) is 5.11 Å². The number of rotatable bonds is 8. The predicted molar refractivity (Wildman–Crippen MR) is 271 cm³/mol. The van der Waals surface area contributed by atoms with E-state index in [1.807, 2.05) is 18.3 Å². The first kappa shape index (κ1) is 42.4. The highest BCUT2D eigenvalue weighted by Crippen LogP contribution is 2.47. The summed E-state index contributed by atoms with van der Waals surface area (Å²) in [5.41, 5.74) is 14.7. The third-order valence-electron chi connectivity index (χ3n) is 12.3. The molecule has 0 amide bonds. The van der Waals surface area contributed by atoms with Crippen LogP contribution in [-0.2, 0) is 10.8 Å². The van der Waals surface area contributed by atoms with E-state index in [-0.39, 0.29) is 16.6 Å². The fourth-order valence-corrected chi connectivity index (χ4v) is 9.67. The number of aromatic nitrogens is 4. The molecule has 9 rings (SSSR count). The van der Waals surface area contributed by atoms with Crippen LogP contribution in [0.15, 0.2) is 170 Å². The van der Waals surface area contributed by atoms with Gasteiger partial charge in [0.05, 0.1) is 25.0 Å². The van der Waals surface area contributed by atoms with Gasteiger partial charge >= 0.3 is 0 Å². The summed E-state index contributed by atoms with van der Waals surface area (Å²) >= 11 is 0. The molecule has 0 aliphatic heterocycles. The highest BCUT2D eigenvalue weighted by molar-refractivity contribution is 6.88. The van der Waals surface area contributed by atoms with Crippen LogP contribution >= 0.6 is 0 Å². The Balaban J connectivity index is 1.41. The summed E-state index contributed by atoms with van der Waals surface area (Å²) in [4.78, 5) is 16.0. The lowest BCUT2D eigenvalue weighted by Gasteiger charge is -2.28. The van der Waals surface area contributed by atoms with Crippen LogP contribution in [0, 0.1) is 0 Å². The molecule has 6 heteroatoms. The van der Waals surface area contributed by atoms with Crippen LogP contribution in [0.25, 0.3) is 84.0 Å². The second-order valence-corrected chi connectivity index (χ2v) is 25.1. The van der Waals surface area contributed by atoms with Gasteiger partial charge in [0.2, 0.25) is 0 Å². The van der Waals surface area contributed by atoms with Gasteiger partial charge in [-0.1, -0.05) is 183 Å². The highest BCUT2D eigenvalue weighted by Gasteiger charge is 2.30. The number of phenolic OH excluding ortho intramolecular Hbond substituents is 1. The molecule has 0 atom stereocenters. The van der Waals surface area contributed by atoms with Crippen molar-refractivity contribution in [3.63, 3.8) is 0 Å². The summed E-state index contributed by atoms with van der Waals surface area (Å²) in [5, 5.41) is 14.0. The molecule has 3 heterocycles. The molecule has 0 spiro atoms. The molecule has 0 saturated carbocycles. The highest BCUT2D eigenvalue weighted by atomic mass is 28.3. The number of pyridine rings is 2. The number of fused-ring (bicyclic) bond motifs is 1. The molecule has 0 fully saturated rings. The zero-order chi connectivity index (χ0) is 45.0. The van der Waals surface area contributed by atoms with Crippen molar-refractivity contribution in [1.29, 1.82) is 0 Å². The average molecular weight is 853 g/mol. The summed E-state index contributed by atoms with van der Waals surface area (Å²) in [7, 11) is -1.56. The maximum Gasteiger partial charge on any atom is 0.165 e. The van der Waals surface area contributed by atoms with Crippen molar-refractivity contribution >= 4 is 24.4 Å². The molecule has 318 valence electrons. The second kappa shape index (κ2) is 16.3. The molecule has 0 unspecified atom stereocenters. The molecule has 3 aromatic heterocycles. The van der Waals surface area contributed by atoms with Gasteiger partial charge in [-0.25, -0.2) is 9.97 Å². The Kier molecular flexibility index (Phi) is 10.8. The minimum Gasteiger partial charge on any atom is -0.507 e. The molecular formula is C58H56N4OSi. The first-order valence-electron chi connectivity index (χ1n) is 22.2. The predicted octanol–water partition coefficient (Wildman–Crippen LogP) is 14.7. The number of benzene rings is 6. The van der Waals surface area contributed by atoms with Crippen LogP contribution in [0.2, 0.25) is 19.6 Å². The molecule has 0 radical (unpaired) electrons. The number of nitrogens with zero attached hydrogens (tertiary/aromatic N) is 4. The van der Waals surface area contributed by atoms with E-state index >= 15 is 0 Å². The Bertz CT molecular complexity index is 3080. The van der Waals surface area contributed by atoms with Gasteiger partial charge in [0, 0.05) is 40.2 Å². The zero-order valence-electron chi connectivity index (χ0n) is 38.4. The van der Waals surface area contributed by atoms with Gasteiger partial charge in [0.1, 0.15) is 11.3 Å². The van der Waals surface area contributed by atoms with Crippen LogP contribution < -0.4 is 5.19 Å². The van der Waals surface area contributed by atoms with Crippen molar-refractivity contribution in [2.75, 3.05) is 0 Å². The third-order valence-corrected chi connectivity index (χ3v) is 14.3. The Morgan fingerprint density at radius 3 is 1.62 bits per heavy atom. The number of imidazole rings is 1. The second-order valence-electron chi connectivity index (χ2n) is 20.0. The molecule has 6 aromatic carbocycles. The lowest BCUT2D eigenvalue weighted by Crippen LogP contribution is -2.37. The topological polar surface area (TPSA) is 63.8 Å². The third kappa shape index (κ3) is 8.10. The van der Waals surface area contributed by atoms with Gasteiger partial charge in [-0.3, -0.25) is 9.55 Å². The molecule has 0 saturated heterocycles. The lowest BCUT2D eigenvalue weighted by molar-refractivity contribution is 0.446. The van der Waals surface area contributed by atoms with Crippen LogP contribution in [0.1, 0.15) is 52.7 Å². The Morgan fingerprint density at radius 1 is 0.500 bits per heavy atom. The van der Waals surface area contributed by atoms with Crippen LogP contribution in [0.4, 0.5) is 0 Å². The van der Waals surface area contributed by atoms with Crippen molar-refractivity contribution in [2.24, 2.45) is 0 Å². The normalized spacial score (nSPS) is 12.2.